The molecule has 0 radical (unpaired) electrons. The number of nitrogens with zero attached hydrogens (tertiary/aromatic N) is 1. The summed E-state index contributed by atoms with van der Waals surface area (Å²) in [6, 6.07) is 5.88. The highest BCUT2D eigenvalue weighted by Gasteiger charge is 2.15. The van der Waals surface area contributed by atoms with E-state index in [1.807, 2.05) is 25.1 Å². The third-order valence-corrected chi connectivity index (χ3v) is 3.79. The average Bonchev–Trinajstić information content (AvgIpc) is 2.83. The second-order valence-electron chi connectivity index (χ2n) is 5.01. The average molecular weight is 269 g/mol. The minimum Gasteiger partial charge on any atom is -0.390 e. The summed E-state index contributed by atoms with van der Waals surface area (Å²) in [4.78, 5) is 2.31. The van der Waals surface area contributed by atoms with Crippen molar-refractivity contribution in [2.24, 2.45) is 0 Å². The molecule has 1 aliphatic rings. The quantitative estimate of drug-likeness (QED) is 0.861. The van der Waals surface area contributed by atoms with Crippen molar-refractivity contribution < 1.29 is 5.11 Å². The maximum Gasteiger partial charge on any atom is 0.0839 e. The van der Waals surface area contributed by atoms with Crippen molar-refractivity contribution >= 4 is 17.3 Å². The van der Waals surface area contributed by atoms with Crippen molar-refractivity contribution in [3.8, 4) is 0 Å². The van der Waals surface area contributed by atoms with Crippen LogP contribution in [-0.4, -0.2) is 42.3 Å². The zero-order chi connectivity index (χ0) is 13.0. The highest BCUT2D eigenvalue weighted by Crippen LogP contribution is 2.19. The Kier molecular flexibility index (Phi) is 4.87. The van der Waals surface area contributed by atoms with E-state index in [-0.39, 0.29) is 6.10 Å². The van der Waals surface area contributed by atoms with Gasteiger partial charge in [0.1, 0.15) is 0 Å². The molecule has 0 saturated carbocycles. The molecular weight excluding hydrogens is 248 g/mol. The molecule has 0 aromatic heterocycles. The molecule has 1 saturated heterocycles. The molecule has 2 N–H and O–H groups in total. The van der Waals surface area contributed by atoms with E-state index in [0.29, 0.717) is 6.54 Å². The molecule has 1 aromatic carbocycles. The van der Waals surface area contributed by atoms with Crippen molar-refractivity contribution in [3.05, 3.63) is 28.8 Å². The molecule has 2 rings (SSSR count). The van der Waals surface area contributed by atoms with Gasteiger partial charge in [-0.1, -0.05) is 17.7 Å². The van der Waals surface area contributed by atoms with Crippen molar-refractivity contribution in [2.45, 2.75) is 25.9 Å². The Labute approximate surface area is 114 Å². The van der Waals surface area contributed by atoms with Gasteiger partial charge in [-0.3, -0.25) is 0 Å². The molecule has 1 heterocycles. The Balaban J connectivity index is 1.77. The van der Waals surface area contributed by atoms with Gasteiger partial charge >= 0.3 is 0 Å². The van der Waals surface area contributed by atoms with Gasteiger partial charge in [-0.15, -0.1) is 0 Å². The summed E-state index contributed by atoms with van der Waals surface area (Å²) in [5.74, 6) is 0. The van der Waals surface area contributed by atoms with Gasteiger partial charge in [-0.2, -0.15) is 0 Å². The molecule has 18 heavy (non-hydrogen) atoms. The lowest BCUT2D eigenvalue weighted by Crippen LogP contribution is -2.34. The van der Waals surface area contributed by atoms with Gasteiger partial charge in [0.15, 0.2) is 0 Å². The van der Waals surface area contributed by atoms with E-state index in [2.05, 4.69) is 10.2 Å². The molecule has 3 nitrogen and oxygen atoms in total. The highest BCUT2D eigenvalue weighted by molar-refractivity contribution is 6.31. The fourth-order valence-electron chi connectivity index (χ4n) is 2.27. The number of aliphatic hydroxyl groups is 1. The Morgan fingerprint density at radius 1 is 1.39 bits per heavy atom. The van der Waals surface area contributed by atoms with E-state index in [1.54, 1.807) is 0 Å². The summed E-state index contributed by atoms with van der Waals surface area (Å²) in [6.45, 7) is 5.54. The molecule has 0 spiro atoms. The van der Waals surface area contributed by atoms with E-state index in [1.165, 1.54) is 12.8 Å². The highest BCUT2D eigenvalue weighted by atomic mass is 35.5. The van der Waals surface area contributed by atoms with Crippen LogP contribution in [0.1, 0.15) is 18.4 Å². The third kappa shape index (κ3) is 3.87. The van der Waals surface area contributed by atoms with Gasteiger partial charge < -0.3 is 15.3 Å². The second kappa shape index (κ2) is 6.41. The molecule has 4 heteroatoms. The van der Waals surface area contributed by atoms with E-state index in [4.69, 9.17) is 11.6 Å². The van der Waals surface area contributed by atoms with Crippen molar-refractivity contribution in [2.75, 3.05) is 31.5 Å². The number of anilines is 1. The Morgan fingerprint density at radius 3 is 2.78 bits per heavy atom. The number of β-amino-alcohol motifs (C(OH)–C–C–N with tert-alkyl or cyclic N) is 1. The van der Waals surface area contributed by atoms with Crippen LogP contribution in [0.3, 0.4) is 0 Å². The van der Waals surface area contributed by atoms with E-state index < -0.39 is 0 Å². The summed E-state index contributed by atoms with van der Waals surface area (Å²) in [5, 5.41) is 13.9. The first kappa shape index (κ1) is 13.7. The van der Waals surface area contributed by atoms with Gasteiger partial charge in [-0.25, -0.2) is 0 Å². The lowest BCUT2D eigenvalue weighted by Gasteiger charge is -2.20. The second-order valence-corrected chi connectivity index (χ2v) is 5.41. The largest absolute Gasteiger partial charge is 0.390 e. The zero-order valence-electron chi connectivity index (χ0n) is 10.8. The van der Waals surface area contributed by atoms with Crippen LogP contribution in [0.25, 0.3) is 0 Å². The predicted molar refractivity (Wildman–Crippen MR) is 76.4 cm³/mol. The molecule has 0 aliphatic carbocycles. The molecule has 1 aliphatic heterocycles. The number of aliphatic hydroxyl groups excluding tert-OH is 1. The summed E-state index contributed by atoms with van der Waals surface area (Å²) >= 11 is 6.06. The number of halogens is 1. The van der Waals surface area contributed by atoms with Crippen molar-refractivity contribution in [1.82, 2.24) is 4.90 Å². The van der Waals surface area contributed by atoms with E-state index in [0.717, 1.165) is 35.9 Å². The fourth-order valence-corrected chi connectivity index (χ4v) is 2.45. The van der Waals surface area contributed by atoms with Crippen molar-refractivity contribution in [3.63, 3.8) is 0 Å². The van der Waals surface area contributed by atoms with Crippen LogP contribution in [0.15, 0.2) is 18.2 Å². The van der Waals surface area contributed by atoms with E-state index in [9.17, 15) is 5.11 Å². The summed E-state index contributed by atoms with van der Waals surface area (Å²) < 4.78 is 0. The number of nitrogens with one attached hydrogen (secondary N) is 1. The van der Waals surface area contributed by atoms with Gasteiger partial charge in [0.2, 0.25) is 0 Å². The van der Waals surface area contributed by atoms with Crippen LogP contribution in [-0.2, 0) is 0 Å². The number of benzene rings is 1. The van der Waals surface area contributed by atoms with Crippen LogP contribution in [0, 0.1) is 6.92 Å². The first-order valence-corrected chi connectivity index (χ1v) is 6.93. The molecule has 1 atom stereocenters. The molecule has 0 bridgehead atoms. The molecule has 1 unspecified atom stereocenters. The number of likely N-dealkylation sites (tertiary alicyclic amines) is 1. The third-order valence-electron chi connectivity index (χ3n) is 3.38. The van der Waals surface area contributed by atoms with Crippen LogP contribution in [0.5, 0.6) is 0 Å². The van der Waals surface area contributed by atoms with Crippen LogP contribution >= 0.6 is 11.6 Å². The van der Waals surface area contributed by atoms with Crippen LogP contribution < -0.4 is 5.32 Å². The monoisotopic (exact) mass is 268 g/mol. The molecule has 0 amide bonds. The first-order chi connectivity index (χ1) is 8.65. The van der Waals surface area contributed by atoms with Gasteiger partial charge in [-0.05, 0) is 50.6 Å². The van der Waals surface area contributed by atoms with Gasteiger partial charge in [0, 0.05) is 23.8 Å². The smallest absolute Gasteiger partial charge is 0.0839 e. The number of aryl methyl sites for hydroxylation is 1. The minimum atomic E-state index is -0.330. The molecule has 1 aromatic rings. The Hall–Kier alpha value is -0.770. The molecule has 100 valence electrons. The van der Waals surface area contributed by atoms with Crippen molar-refractivity contribution in [1.29, 1.82) is 0 Å². The maximum atomic E-state index is 9.96. The van der Waals surface area contributed by atoms with Gasteiger partial charge in [0.05, 0.1) is 6.10 Å². The van der Waals surface area contributed by atoms with Crippen LogP contribution in [0.2, 0.25) is 5.02 Å². The predicted octanol–water partition coefficient (Wildman–Crippen LogP) is 2.52. The molecular formula is C14H21ClN2O. The Morgan fingerprint density at radius 2 is 2.11 bits per heavy atom. The SMILES string of the molecule is Cc1ccc(NCC(O)CN2CCCC2)cc1Cl. The minimum absolute atomic E-state index is 0.330. The van der Waals surface area contributed by atoms with E-state index >= 15 is 0 Å². The van der Waals surface area contributed by atoms with Crippen LogP contribution in [0.4, 0.5) is 5.69 Å². The fraction of sp³-hybridized carbons (Fsp3) is 0.571. The Bertz CT molecular complexity index is 391. The normalized spacial score (nSPS) is 17.9. The zero-order valence-corrected chi connectivity index (χ0v) is 11.6. The molecule has 1 fully saturated rings. The lowest BCUT2D eigenvalue weighted by molar-refractivity contribution is 0.135. The first-order valence-electron chi connectivity index (χ1n) is 6.55. The number of rotatable bonds is 5. The number of hydrogen-bond donors (Lipinski definition) is 2. The standard InChI is InChI=1S/C14H21ClN2O/c1-11-4-5-12(8-14(11)15)16-9-13(18)10-17-6-2-3-7-17/h4-5,8,13,16,18H,2-3,6-7,9-10H2,1H3. The topological polar surface area (TPSA) is 35.5 Å². The summed E-state index contributed by atoms with van der Waals surface area (Å²) in [6.07, 6.45) is 2.18. The summed E-state index contributed by atoms with van der Waals surface area (Å²) in [7, 11) is 0. The lowest BCUT2D eigenvalue weighted by atomic mass is 10.2. The summed E-state index contributed by atoms with van der Waals surface area (Å²) in [5.41, 5.74) is 2.03. The number of hydrogen-bond acceptors (Lipinski definition) is 3. The van der Waals surface area contributed by atoms with Gasteiger partial charge in [0.25, 0.3) is 0 Å². The maximum absolute atomic E-state index is 9.96.